The molecule has 0 unspecified atom stereocenters. The lowest BCUT2D eigenvalue weighted by Crippen LogP contribution is -2.50. The molecule has 0 N–H and O–H groups in total. The molecule has 0 spiro atoms. The van der Waals surface area contributed by atoms with Crippen molar-refractivity contribution in [2.24, 2.45) is 0 Å². The van der Waals surface area contributed by atoms with Gasteiger partial charge in [0.05, 0.1) is 5.02 Å². The van der Waals surface area contributed by atoms with Gasteiger partial charge in [-0.1, -0.05) is 23.7 Å². The molecule has 2 aromatic carbocycles. The second kappa shape index (κ2) is 7.03. The lowest BCUT2D eigenvalue weighted by molar-refractivity contribution is 0.0697. The second-order valence-electron chi connectivity index (χ2n) is 6.19. The van der Waals surface area contributed by atoms with Crippen LogP contribution in [0.4, 0.5) is 0 Å². The Balaban J connectivity index is 1.46. The van der Waals surface area contributed by atoms with Crippen LogP contribution < -0.4 is 9.47 Å². The maximum atomic E-state index is 12.8. The summed E-state index contributed by atoms with van der Waals surface area (Å²) in [4.78, 5) is 14.4. The fourth-order valence-electron chi connectivity index (χ4n) is 3.14. The van der Waals surface area contributed by atoms with Gasteiger partial charge in [-0.15, -0.1) is 0 Å². The van der Waals surface area contributed by atoms with Crippen molar-refractivity contribution in [3.8, 4) is 11.5 Å². The van der Waals surface area contributed by atoms with E-state index in [9.17, 15) is 13.2 Å². The average molecular weight is 409 g/mol. The highest BCUT2D eigenvalue weighted by Crippen LogP contribution is 2.33. The van der Waals surface area contributed by atoms with Crippen molar-refractivity contribution in [1.82, 2.24) is 9.21 Å². The number of sulfonamides is 1. The summed E-state index contributed by atoms with van der Waals surface area (Å²) in [6.07, 6.45) is 0. The molecule has 1 saturated heterocycles. The number of fused-ring (bicyclic) bond motifs is 1. The molecule has 7 nitrogen and oxygen atoms in total. The minimum absolute atomic E-state index is 0.0854. The first kappa shape index (κ1) is 18.1. The number of halogens is 1. The van der Waals surface area contributed by atoms with Crippen molar-refractivity contribution in [2.45, 2.75) is 4.90 Å². The van der Waals surface area contributed by atoms with Crippen molar-refractivity contribution >= 4 is 27.5 Å². The summed E-state index contributed by atoms with van der Waals surface area (Å²) in [5, 5.41) is 0.191. The summed E-state index contributed by atoms with van der Waals surface area (Å²) in [5.41, 5.74) is 0.488. The van der Waals surface area contributed by atoms with E-state index in [4.69, 9.17) is 21.1 Å². The number of amides is 1. The highest BCUT2D eigenvalue weighted by Gasteiger charge is 2.32. The van der Waals surface area contributed by atoms with Crippen LogP contribution in [-0.2, 0) is 10.0 Å². The van der Waals surface area contributed by atoms with Crippen molar-refractivity contribution < 1.29 is 22.7 Å². The minimum Gasteiger partial charge on any atom is -0.454 e. The van der Waals surface area contributed by atoms with Gasteiger partial charge < -0.3 is 14.4 Å². The quantitative estimate of drug-likeness (QED) is 0.778. The smallest absolute Gasteiger partial charge is 0.254 e. The molecule has 2 heterocycles. The van der Waals surface area contributed by atoms with Crippen molar-refractivity contribution in [3.63, 3.8) is 0 Å². The molecule has 142 valence electrons. The zero-order valence-corrected chi connectivity index (χ0v) is 15.9. The van der Waals surface area contributed by atoms with E-state index in [1.807, 2.05) is 0 Å². The Morgan fingerprint density at radius 3 is 2.41 bits per heavy atom. The standard InChI is InChI=1S/C18H17ClN2O5S/c19-14-3-1-2-4-17(14)27(23,24)21-9-7-20(8-10-21)18(22)13-5-6-15-16(11-13)26-12-25-15/h1-6,11H,7-10,12H2. The predicted octanol–water partition coefficient (Wildman–Crippen LogP) is 2.22. The lowest BCUT2D eigenvalue weighted by Gasteiger charge is -2.34. The third kappa shape index (κ3) is 3.36. The zero-order valence-electron chi connectivity index (χ0n) is 14.3. The van der Waals surface area contributed by atoms with E-state index in [1.165, 1.54) is 10.4 Å². The van der Waals surface area contributed by atoms with E-state index in [0.29, 0.717) is 30.2 Å². The number of hydrogen-bond donors (Lipinski definition) is 0. The van der Waals surface area contributed by atoms with Crippen molar-refractivity contribution in [3.05, 3.63) is 53.1 Å². The minimum atomic E-state index is -3.69. The highest BCUT2D eigenvalue weighted by molar-refractivity contribution is 7.89. The van der Waals surface area contributed by atoms with Crippen LogP contribution in [0.2, 0.25) is 5.02 Å². The summed E-state index contributed by atoms with van der Waals surface area (Å²) in [6, 6.07) is 11.4. The van der Waals surface area contributed by atoms with Gasteiger partial charge in [0, 0.05) is 31.7 Å². The fraction of sp³-hybridized carbons (Fsp3) is 0.278. The molecular formula is C18H17ClN2O5S. The van der Waals surface area contributed by atoms with Crippen molar-refractivity contribution in [2.75, 3.05) is 33.0 Å². The molecule has 0 saturated carbocycles. The van der Waals surface area contributed by atoms with Gasteiger partial charge in [-0.05, 0) is 30.3 Å². The Morgan fingerprint density at radius 1 is 0.963 bits per heavy atom. The normalized spacial score (nSPS) is 17.1. The SMILES string of the molecule is O=C(c1ccc2c(c1)OCO2)N1CCN(S(=O)(=O)c2ccccc2Cl)CC1. The molecule has 0 aromatic heterocycles. The molecule has 0 radical (unpaired) electrons. The molecule has 0 atom stereocenters. The van der Waals surface area contributed by atoms with Gasteiger partial charge in [0.25, 0.3) is 5.91 Å². The monoisotopic (exact) mass is 408 g/mol. The van der Waals surface area contributed by atoms with Gasteiger partial charge in [-0.2, -0.15) is 4.31 Å². The van der Waals surface area contributed by atoms with E-state index in [1.54, 1.807) is 41.3 Å². The number of nitrogens with zero attached hydrogens (tertiary/aromatic N) is 2. The lowest BCUT2D eigenvalue weighted by atomic mass is 10.1. The fourth-order valence-corrected chi connectivity index (χ4v) is 5.05. The Hall–Kier alpha value is -2.29. The first-order chi connectivity index (χ1) is 13.0. The summed E-state index contributed by atoms with van der Waals surface area (Å²) in [5.74, 6) is 0.992. The van der Waals surface area contributed by atoms with E-state index in [2.05, 4.69) is 0 Å². The maximum absolute atomic E-state index is 12.8. The Bertz CT molecular complexity index is 987. The summed E-state index contributed by atoms with van der Waals surface area (Å²) in [6.45, 7) is 1.17. The zero-order chi connectivity index (χ0) is 19.0. The third-order valence-electron chi connectivity index (χ3n) is 4.60. The highest BCUT2D eigenvalue weighted by atomic mass is 35.5. The van der Waals surface area contributed by atoms with E-state index in [-0.39, 0.29) is 35.7 Å². The number of piperazine rings is 1. The van der Waals surface area contributed by atoms with Gasteiger partial charge in [0.2, 0.25) is 16.8 Å². The molecule has 1 amide bonds. The van der Waals surface area contributed by atoms with Crippen molar-refractivity contribution in [1.29, 1.82) is 0 Å². The van der Waals surface area contributed by atoms with Gasteiger partial charge in [-0.3, -0.25) is 4.79 Å². The van der Waals surface area contributed by atoms with E-state index < -0.39 is 10.0 Å². The number of carbonyl (C=O) groups is 1. The molecule has 1 fully saturated rings. The number of rotatable bonds is 3. The van der Waals surface area contributed by atoms with Crippen LogP contribution in [0, 0.1) is 0 Å². The first-order valence-corrected chi connectivity index (χ1v) is 10.2. The van der Waals surface area contributed by atoms with E-state index >= 15 is 0 Å². The Morgan fingerprint density at radius 2 is 1.67 bits per heavy atom. The topological polar surface area (TPSA) is 76.2 Å². The molecule has 27 heavy (non-hydrogen) atoms. The molecule has 4 rings (SSSR count). The van der Waals surface area contributed by atoms with Crippen LogP contribution in [0.15, 0.2) is 47.4 Å². The van der Waals surface area contributed by atoms with Gasteiger partial charge >= 0.3 is 0 Å². The molecule has 0 aliphatic carbocycles. The molecule has 0 bridgehead atoms. The van der Waals surface area contributed by atoms with Crippen LogP contribution in [0.1, 0.15) is 10.4 Å². The Kier molecular flexibility index (Phi) is 4.71. The number of benzene rings is 2. The van der Waals surface area contributed by atoms with Gasteiger partial charge in [0.1, 0.15) is 4.90 Å². The van der Waals surface area contributed by atoms with Gasteiger partial charge in [-0.25, -0.2) is 8.42 Å². The van der Waals surface area contributed by atoms with E-state index in [0.717, 1.165) is 0 Å². The van der Waals surface area contributed by atoms with Crippen LogP contribution in [-0.4, -0.2) is 56.5 Å². The second-order valence-corrected chi connectivity index (χ2v) is 8.51. The molecule has 2 aromatic rings. The van der Waals surface area contributed by atoms with Crippen LogP contribution >= 0.6 is 11.6 Å². The molecular weight excluding hydrogens is 392 g/mol. The average Bonchev–Trinajstić information content (AvgIpc) is 3.15. The van der Waals surface area contributed by atoms with Crippen LogP contribution in [0.5, 0.6) is 11.5 Å². The number of hydrogen-bond acceptors (Lipinski definition) is 5. The van der Waals surface area contributed by atoms with Crippen LogP contribution in [0.25, 0.3) is 0 Å². The largest absolute Gasteiger partial charge is 0.454 e. The molecule has 9 heteroatoms. The number of ether oxygens (including phenoxy) is 2. The number of carbonyl (C=O) groups excluding carboxylic acids is 1. The van der Waals surface area contributed by atoms with Crippen LogP contribution in [0.3, 0.4) is 0 Å². The maximum Gasteiger partial charge on any atom is 0.254 e. The summed E-state index contributed by atoms with van der Waals surface area (Å²) in [7, 11) is -3.69. The molecule has 2 aliphatic rings. The molecule has 2 aliphatic heterocycles. The predicted molar refractivity (Wildman–Crippen MR) is 98.7 cm³/mol. The third-order valence-corrected chi connectivity index (χ3v) is 7.00. The Labute approximate surface area is 162 Å². The first-order valence-electron chi connectivity index (χ1n) is 8.40. The van der Waals surface area contributed by atoms with Gasteiger partial charge in [0.15, 0.2) is 11.5 Å². The summed E-state index contributed by atoms with van der Waals surface area (Å²) >= 11 is 6.04. The summed E-state index contributed by atoms with van der Waals surface area (Å²) < 4.78 is 37.5.